The summed E-state index contributed by atoms with van der Waals surface area (Å²) in [7, 11) is 0. The Balaban J connectivity index is 1.65. The fourth-order valence-electron chi connectivity index (χ4n) is 2.16. The van der Waals surface area contributed by atoms with E-state index >= 15 is 0 Å². The number of aromatic carboxylic acids is 1. The number of hydrogen-bond donors (Lipinski definition) is 2. The molecule has 2 aromatic rings. The van der Waals surface area contributed by atoms with E-state index in [-0.39, 0.29) is 18.2 Å². The van der Waals surface area contributed by atoms with Gasteiger partial charge in [-0.15, -0.1) is 0 Å². The fraction of sp³-hybridized carbons (Fsp3) is 0.250. The third kappa shape index (κ3) is 3.45. The lowest BCUT2D eigenvalue weighted by atomic mass is 10.2. The third-order valence-electron chi connectivity index (χ3n) is 3.31. The van der Waals surface area contributed by atoms with Gasteiger partial charge in [0.1, 0.15) is 5.76 Å². The summed E-state index contributed by atoms with van der Waals surface area (Å²) in [4.78, 5) is 22.9. The fourth-order valence-corrected chi connectivity index (χ4v) is 2.16. The van der Waals surface area contributed by atoms with Crippen molar-refractivity contribution in [3.8, 4) is 11.5 Å². The van der Waals surface area contributed by atoms with Crippen molar-refractivity contribution < 1.29 is 28.6 Å². The van der Waals surface area contributed by atoms with Crippen molar-refractivity contribution in [3.63, 3.8) is 0 Å². The van der Waals surface area contributed by atoms with Crippen molar-refractivity contribution in [2.45, 2.75) is 13.0 Å². The minimum Gasteiger partial charge on any atom is -0.490 e. The number of ether oxygens (including phenoxy) is 2. The molecule has 3 rings (SSSR count). The second-order valence-corrected chi connectivity index (χ2v) is 4.97. The monoisotopic (exact) mass is 317 g/mol. The number of hydrogen-bond acceptors (Lipinski definition) is 5. The Kier molecular flexibility index (Phi) is 4.18. The summed E-state index contributed by atoms with van der Waals surface area (Å²) >= 11 is 0. The second-order valence-electron chi connectivity index (χ2n) is 4.97. The molecule has 0 bridgehead atoms. The Bertz CT molecular complexity index is 736. The zero-order valence-corrected chi connectivity index (χ0v) is 12.2. The summed E-state index contributed by atoms with van der Waals surface area (Å²) < 4.78 is 16.1. The van der Waals surface area contributed by atoms with Gasteiger partial charge < -0.3 is 24.3 Å². The number of carbonyl (C=O) groups is 2. The van der Waals surface area contributed by atoms with Gasteiger partial charge in [-0.1, -0.05) is 0 Å². The maximum Gasteiger partial charge on any atom is 0.371 e. The van der Waals surface area contributed by atoms with Crippen LogP contribution in [0.5, 0.6) is 11.5 Å². The molecule has 7 heteroatoms. The van der Waals surface area contributed by atoms with Crippen LogP contribution in [-0.4, -0.2) is 30.2 Å². The summed E-state index contributed by atoms with van der Waals surface area (Å²) in [5.74, 6) is -0.0909. The first-order valence-electron chi connectivity index (χ1n) is 7.13. The van der Waals surface area contributed by atoms with E-state index in [2.05, 4.69) is 5.32 Å². The molecule has 1 amide bonds. The van der Waals surface area contributed by atoms with Gasteiger partial charge in [-0.05, 0) is 30.3 Å². The van der Waals surface area contributed by atoms with Gasteiger partial charge in [0.05, 0.1) is 19.8 Å². The first kappa shape index (κ1) is 15.0. The molecule has 7 nitrogen and oxygen atoms in total. The molecule has 1 aromatic heterocycles. The lowest BCUT2D eigenvalue weighted by Crippen LogP contribution is -2.22. The van der Waals surface area contributed by atoms with Crippen LogP contribution in [0.25, 0.3) is 0 Å². The standard InChI is InChI=1S/C16H15NO6/c18-15(17-9-11-3-5-13(23-11)16(19)20)10-2-4-12-14(8-10)22-7-1-6-21-12/h2-5,8H,1,6-7,9H2,(H,17,18)(H,19,20). The topological polar surface area (TPSA) is 98.0 Å². The minimum absolute atomic E-state index is 0.0978. The molecule has 0 aliphatic carbocycles. The number of nitrogens with one attached hydrogen (secondary N) is 1. The highest BCUT2D eigenvalue weighted by Crippen LogP contribution is 2.30. The molecule has 120 valence electrons. The van der Waals surface area contributed by atoms with E-state index in [1.54, 1.807) is 18.2 Å². The number of benzene rings is 1. The van der Waals surface area contributed by atoms with Gasteiger partial charge in [0.25, 0.3) is 5.91 Å². The minimum atomic E-state index is -1.15. The summed E-state index contributed by atoms with van der Waals surface area (Å²) in [6, 6.07) is 7.83. The number of carboxylic acids is 1. The first-order valence-corrected chi connectivity index (χ1v) is 7.13. The van der Waals surface area contributed by atoms with Gasteiger partial charge in [0.2, 0.25) is 5.76 Å². The molecule has 0 unspecified atom stereocenters. The molecule has 0 radical (unpaired) electrons. The Labute approximate surface area is 131 Å². The van der Waals surface area contributed by atoms with Crippen molar-refractivity contribution in [1.82, 2.24) is 5.32 Å². The number of rotatable bonds is 4. The average Bonchev–Trinajstić information content (AvgIpc) is 2.90. The second kappa shape index (κ2) is 6.43. The summed E-state index contributed by atoms with van der Waals surface area (Å²) in [5.41, 5.74) is 0.430. The van der Waals surface area contributed by atoms with Crippen molar-refractivity contribution >= 4 is 11.9 Å². The smallest absolute Gasteiger partial charge is 0.371 e. The number of furan rings is 1. The molecule has 1 aromatic carbocycles. The van der Waals surface area contributed by atoms with Gasteiger partial charge in [-0.25, -0.2) is 4.79 Å². The normalized spacial score (nSPS) is 13.2. The number of amides is 1. The first-order chi connectivity index (χ1) is 11.1. The summed E-state index contributed by atoms with van der Waals surface area (Å²) in [6.45, 7) is 1.23. The van der Waals surface area contributed by atoms with Crippen LogP contribution in [0, 0.1) is 0 Å². The molecular formula is C16H15NO6. The predicted octanol–water partition coefficient (Wildman–Crippen LogP) is 2.07. The molecule has 2 heterocycles. The third-order valence-corrected chi connectivity index (χ3v) is 3.31. The van der Waals surface area contributed by atoms with Crippen molar-refractivity contribution in [1.29, 1.82) is 0 Å². The lowest BCUT2D eigenvalue weighted by molar-refractivity contribution is 0.0660. The SMILES string of the molecule is O=C(NCc1ccc(C(=O)O)o1)c1ccc2c(c1)OCCCO2. The number of carboxylic acid groups (broad SMARTS) is 1. The van der Waals surface area contributed by atoms with Crippen LogP contribution in [0.3, 0.4) is 0 Å². The maximum atomic E-state index is 12.2. The summed E-state index contributed by atoms with van der Waals surface area (Å²) in [6.07, 6.45) is 0.792. The van der Waals surface area contributed by atoms with Crippen LogP contribution in [0.1, 0.15) is 33.1 Å². The van der Waals surface area contributed by atoms with Gasteiger partial charge in [0.15, 0.2) is 11.5 Å². The van der Waals surface area contributed by atoms with Gasteiger partial charge in [-0.3, -0.25) is 4.79 Å². The van der Waals surface area contributed by atoms with E-state index in [9.17, 15) is 9.59 Å². The van der Waals surface area contributed by atoms with Crippen molar-refractivity contribution in [2.75, 3.05) is 13.2 Å². The van der Waals surface area contributed by atoms with Gasteiger partial charge in [0, 0.05) is 12.0 Å². The van der Waals surface area contributed by atoms with E-state index in [0.717, 1.165) is 6.42 Å². The van der Waals surface area contributed by atoms with E-state index in [1.165, 1.54) is 12.1 Å². The Morgan fingerprint density at radius 1 is 1.09 bits per heavy atom. The van der Waals surface area contributed by atoms with Crippen LogP contribution in [0.15, 0.2) is 34.7 Å². The molecular weight excluding hydrogens is 302 g/mol. The Hall–Kier alpha value is -2.96. The zero-order chi connectivity index (χ0) is 16.2. The van der Waals surface area contributed by atoms with E-state index < -0.39 is 5.97 Å². The van der Waals surface area contributed by atoms with Crippen molar-refractivity contribution in [2.24, 2.45) is 0 Å². The maximum absolute atomic E-state index is 12.2. The number of carbonyl (C=O) groups excluding carboxylic acids is 1. The lowest BCUT2D eigenvalue weighted by Gasteiger charge is -2.09. The Morgan fingerprint density at radius 2 is 1.87 bits per heavy atom. The molecule has 23 heavy (non-hydrogen) atoms. The highest BCUT2D eigenvalue weighted by molar-refractivity contribution is 5.94. The molecule has 0 fully saturated rings. The molecule has 1 aliphatic heterocycles. The largest absolute Gasteiger partial charge is 0.490 e. The van der Waals surface area contributed by atoms with Crippen LogP contribution in [0.2, 0.25) is 0 Å². The van der Waals surface area contributed by atoms with Crippen LogP contribution < -0.4 is 14.8 Å². The van der Waals surface area contributed by atoms with Crippen LogP contribution >= 0.6 is 0 Å². The molecule has 2 N–H and O–H groups in total. The Morgan fingerprint density at radius 3 is 2.61 bits per heavy atom. The highest BCUT2D eigenvalue weighted by atomic mass is 16.5. The number of fused-ring (bicyclic) bond motifs is 1. The quantitative estimate of drug-likeness (QED) is 0.896. The molecule has 0 spiro atoms. The van der Waals surface area contributed by atoms with Gasteiger partial charge >= 0.3 is 5.97 Å². The average molecular weight is 317 g/mol. The molecule has 0 saturated carbocycles. The van der Waals surface area contributed by atoms with Crippen molar-refractivity contribution in [3.05, 3.63) is 47.4 Å². The summed E-state index contributed by atoms with van der Waals surface area (Å²) in [5, 5.41) is 11.5. The molecule has 0 saturated heterocycles. The molecule has 0 atom stereocenters. The zero-order valence-electron chi connectivity index (χ0n) is 12.2. The van der Waals surface area contributed by atoms with E-state index in [0.29, 0.717) is 36.0 Å². The van der Waals surface area contributed by atoms with E-state index in [4.69, 9.17) is 19.0 Å². The highest BCUT2D eigenvalue weighted by Gasteiger charge is 2.15. The van der Waals surface area contributed by atoms with Crippen LogP contribution in [0.4, 0.5) is 0 Å². The van der Waals surface area contributed by atoms with Crippen LogP contribution in [-0.2, 0) is 6.54 Å². The predicted molar refractivity (Wildman–Crippen MR) is 78.9 cm³/mol. The molecule has 1 aliphatic rings. The van der Waals surface area contributed by atoms with E-state index in [1.807, 2.05) is 0 Å². The van der Waals surface area contributed by atoms with Gasteiger partial charge in [-0.2, -0.15) is 0 Å².